The lowest BCUT2D eigenvalue weighted by atomic mass is 10.1. The highest BCUT2D eigenvalue weighted by molar-refractivity contribution is 9.11. The third-order valence-electron chi connectivity index (χ3n) is 2.80. The van der Waals surface area contributed by atoms with Gasteiger partial charge in [0.05, 0.1) is 4.47 Å². The minimum absolute atomic E-state index is 0.380. The molecule has 22 heavy (non-hydrogen) atoms. The molecule has 8 heteroatoms. The quantitative estimate of drug-likeness (QED) is 0.520. The van der Waals surface area contributed by atoms with E-state index < -0.39 is 37.8 Å². The zero-order chi connectivity index (χ0) is 16.4. The normalized spacial score (nSPS) is 10.5. The number of nitrogens with one attached hydrogen (secondary N) is 1. The predicted octanol–water partition coefficient (Wildman–Crippen LogP) is 5.31. The van der Waals surface area contributed by atoms with Crippen LogP contribution < -0.4 is 10.3 Å². The molecule has 0 atom stereocenters. The minimum Gasteiger partial charge on any atom is -0.322 e. The number of amides is 1. The average molecular weight is 439 g/mol. The highest BCUT2D eigenvalue weighted by Crippen LogP contribution is 2.39. The molecule has 0 aliphatic carbocycles. The first kappa shape index (κ1) is 16.8. The van der Waals surface area contributed by atoms with Crippen LogP contribution >= 0.6 is 31.9 Å². The molecule has 0 bridgehead atoms. The van der Waals surface area contributed by atoms with Gasteiger partial charge < -0.3 is 5.32 Å². The van der Waals surface area contributed by atoms with E-state index in [1.54, 1.807) is 31.2 Å². The third-order valence-corrected chi connectivity index (χ3v) is 4.21. The van der Waals surface area contributed by atoms with Gasteiger partial charge in [-0.15, -0.1) is 0 Å². The van der Waals surface area contributed by atoms with Crippen molar-refractivity contribution in [2.45, 2.75) is 6.92 Å². The number of carbonyl (C=O) groups excluding carboxylic acids is 1. The van der Waals surface area contributed by atoms with Crippen molar-refractivity contribution in [3.63, 3.8) is 0 Å². The van der Waals surface area contributed by atoms with E-state index in [-0.39, 0.29) is 0 Å². The minimum atomic E-state index is -1.27. The zero-order valence-electron chi connectivity index (χ0n) is 11.0. The van der Waals surface area contributed by atoms with Crippen molar-refractivity contribution >= 4 is 43.5 Å². The van der Waals surface area contributed by atoms with E-state index >= 15 is 0 Å². The number of anilines is 1. The van der Waals surface area contributed by atoms with Gasteiger partial charge in [0.1, 0.15) is 10.0 Å². The van der Waals surface area contributed by atoms with Crippen LogP contribution in [0.15, 0.2) is 33.2 Å². The number of halogens is 5. The molecule has 0 unspecified atom stereocenters. The summed E-state index contributed by atoms with van der Waals surface area (Å²) in [4.78, 5) is 15.6. The van der Waals surface area contributed by atoms with Crippen molar-refractivity contribution in [2.24, 2.45) is 0 Å². The van der Waals surface area contributed by atoms with Crippen LogP contribution in [0, 0.1) is 18.6 Å². The molecule has 3 nitrogen and oxygen atoms in total. The maximum absolute atomic E-state index is 14.1. The maximum Gasteiger partial charge on any atom is 0.262 e. The van der Waals surface area contributed by atoms with Crippen molar-refractivity contribution in [1.82, 2.24) is 0 Å². The molecule has 116 valence electrons. The van der Waals surface area contributed by atoms with Crippen LogP contribution in [-0.2, 0) is 0 Å². The summed E-state index contributed by atoms with van der Waals surface area (Å²) in [5.41, 5.74) is 0.483. The van der Waals surface area contributed by atoms with Crippen LogP contribution in [0.3, 0.4) is 0 Å². The van der Waals surface area contributed by atoms with E-state index in [0.29, 0.717) is 5.69 Å². The van der Waals surface area contributed by atoms with Crippen molar-refractivity contribution < 1.29 is 23.0 Å². The van der Waals surface area contributed by atoms with Crippen molar-refractivity contribution in [3.05, 3.63) is 56.0 Å². The molecule has 0 saturated carbocycles. The SMILES string of the molecule is Cc1cccc(NC(=O)c2c(F)c(Br)c(F)c(Br)c2OF)c1. The van der Waals surface area contributed by atoms with Gasteiger partial charge >= 0.3 is 0 Å². The topological polar surface area (TPSA) is 38.3 Å². The largest absolute Gasteiger partial charge is 0.322 e. The standard InChI is InChI=1S/C14H8Br2F3NO2/c1-6-3-2-4-7(5-6)20-14(21)8-11(17)9(15)12(18)10(16)13(8)22-19/h2-5H,1H3,(H,20,21). The Morgan fingerprint density at radius 1 is 1.18 bits per heavy atom. The van der Waals surface area contributed by atoms with Gasteiger partial charge in [0.25, 0.3) is 5.91 Å². The Labute approximate surface area is 140 Å². The van der Waals surface area contributed by atoms with Gasteiger partial charge in [0, 0.05) is 10.2 Å². The first-order valence-electron chi connectivity index (χ1n) is 5.89. The maximum atomic E-state index is 14.1. The lowest BCUT2D eigenvalue weighted by molar-refractivity contribution is -0.00886. The third kappa shape index (κ3) is 3.12. The molecule has 2 aromatic carbocycles. The second-order valence-electron chi connectivity index (χ2n) is 4.36. The van der Waals surface area contributed by atoms with E-state index in [4.69, 9.17) is 0 Å². The lowest BCUT2D eigenvalue weighted by Gasteiger charge is -2.12. The summed E-state index contributed by atoms with van der Waals surface area (Å²) in [5.74, 6) is -4.23. The molecule has 1 amide bonds. The van der Waals surface area contributed by atoms with Gasteiger partial charge in [0.15, 0.2) is 11.6 Å². The van der Waals surface area contributed by atoms with E-state index in [0.717, 1.165) is 5.56 Å². The van der Waals surface area contributed by atoms with Crippen LogP contribution in [0.2, 0.25) is 0 Å². The Kier molecular flexibility index (Phi) is 5.12. The first-order chi connectivity index (χ1) is 10.4. The fourth-order valence-corrected chi connectivity index (χ4v) is 2.92. The van der Waals surface area contributed by atoms with Crippen LogP contribution in [0.1, 0.15) is 15.9 Å². The Morgan fingerprint density at radius 2 is 1.86 bits per heavy atom. The summed E-state index contributed by atoms with van der Waals surface area (Å²) >= 11 is 5.40. The van der Waals surface area contributed by atoms with Crippen molar-refractivity contribution in [1.29, 1.82) is 0 Å². The summed E-state index contributed by atoms with van der Waals surface area (Å²) in [6.07, 6.45) is 0. The van der Waals surface area contributed by atoms with Gasteiger partial charge in [-0.3, -0.25) is 9.74 Å². The molecular formula is C14H8Br2F3NO2. The Morgan fingerprint density at radius 3 is 2.45 bits per heavy atom. The summed E-state index contributed by atoms with van der Waals surface area (Å²) in [7, 11) is 0. The Bertz CT molecular complexity index is 753. The Hall–Kier alpha value is -1.54. The molecule has 2 rings (SSSR count). The highest BCUT2D eigenvalue weighted by atomic mass is 79.9. The summed E-state index contributed by atoms with van der Waals surface area (Å²) in [5, 5.41) is 2.40. The van der Waals surface area contributed by atoms with E-state index in [9.17, 15) is 18.1 Å². The van der Waals surface area contributed by atoms with Gasteiger partial charge in [0.2, 0.25) is 5.75 Å². The average Bonchev–Trinajstić information content (AvgIpc) is 2.48. The number of hydrogen-bond donors (Lipinski definition) is 1. The second kappa shape index (κ2) is 6.70. The summed E-state index contributed by atoms with van der Waals surface area (Å²) in [6, 6.07) is 6.70. The molecule has 0 fully saturated rings. The van der Waals surface area contributed by atoms with E-state index in [2.05, 4.69) is 42.1 Å². The molecule has 0 saturated heterocycles. The molecule has 0 spiro atoms. The number of rotatable bonds is 3. The van der Waals surface area contributed by atoms with Crippen molar-refractivity contribution in [3.8, 4) is 5.75 Å². The number of carbonyl (C=O) groups is 1. The fourth-order valence-electron chi connectivity index (χ4n) is 1.80. The summed E-state index contributed by atoms with van der Waals surface area (Å²) < 4.78 is 39.3. The number of benzene rings is 2. The molecule has 0 aliphatic rings. The first-order valence-corrected chi connectivity index (χ1v) is 7.48. The van der Waals surface area contributed by atoms with E-state index in [1.165, 1.54) is 0 Å². The van der Waals surface area contributed by atoms with E-state index in [1.807, 2.05) is 0 Å². The lowest BCUT2D eigenvalue weighted by Crippen LogP contribution is -2.16. The monoisotopic (exact) mass is 437 g/mol. The van der Waals surface area contributed by atoms with Crippen LogP contribution in [-0.4, -0.2) is 5.91 Å². The number of aryl methyl sites for hydroxylation is 1. The predicted molar refractivity (Wildman–Crippen MR) is 82.6 cm³/mol. The second-order valence-corrected chi connectivity index (χ2v) is 5.95. The molecule has 0 heterocycles. The molecular weight excluding hydrogens is 431 g/mol. The van der Waals surface area contributed by atoms with Crippen LogP contribution in [0.25, 0.3) is 0 Å². The number of hydrogen-bond acceptors (Lipinski definition) is 2. The van der Waals surface area contributed by atoms with Crippen LogP contribution in [0.5, 0.6) is 5.75 Å². The Balaban J connectivity index is 2.50. The smallest absolute Gasteiger partial charge is 0.262 e. The zero-order valence-corrected chi connectivity index (χ0v) is 14.2. The molecule has 0 aromatic heterocycles. The molecule has 1 N–H and O–H groups in total. The van der Waals surface area contributed by atoms with Crippen LogP contribution in [0.4, 0.5) is 19.0 Å². The fraction of sp³-hybridized carbons (Fsp3) is 0.0714. The molecule has 0 radical (unpaired) electrons. The van der Waals surface area contributed by atoms with Gasteiger partial charge in [-0.05, 0) is 56.5 Å². The molecule has 2 aromatic rings. The summed E-state index contributed by atoms with van der Waals surface area (Å²) in [6.45, 7) is 1.80. The van der Waals surface area contributed by atoms with Gasteiger partial charge in [-0.1, -0.05) is 12.1 Å². The molecule has 0 aliphatic heterocycles. The van der Waals surface area contributed by atoms with Gasteiger partial charge in [-0.25, -0.2) is 8.78 Å². The van der Waals surface area contributed by atoms with Crippen molar-refractivity contribution in [2.75, 3.05) is 5.32 Å². The highest BCUT2D eigenvalue weighted by Gasteiger charge is 2.29. The van der Waals surface area contributed by atoms with Gasteiger partial charge in [-0.2, -0.15) is 0 Å².